The summed E-state index contributed by atoms with van der Waals surface area (Å²) in [6, 6.07) is 11.7. The minimum atomic E-state index is -0.449. The summed E-state index contributed by atoms with van der Waals surface area (Å²) in [7, 11) is 0. The average Bonchev–Trinajstić information content (AvgIpc) is 2.51. The van der Waals surface area contributed by atoms with Crippen molar-refractivity contribution in [2.24, 2.45) is 0 Å². The van der Waals surface area contributed by atoms with Crippen molar-refractivity contribution in [3.63, 3.8) is 0 Å². The van der Waals surface area contributed by atoms with E-state index in [1.165, 1.54) is 12.1 Å². The van der Waals surface area contributed by atoms with E-state index in [1.54, 1.807) is 13.0 Å². The highest BCUT2D eigenvalue weighted by atomic mass is 19.1. The Balaban J connectivity index is 1.79. The first-order chi connectivity index (χ1) is 10.6. The Morgan fingerprint density at radius 3 is 2.45 bits per heavy atom. The van der Waals surface area contributed by atoms with Gasteiger partial charge in [0.2, 0.25) is 0 Å². The number of rotatable bonds is 5. The summed E-state index contributed by atoms with van der Waals surface area (Å²) >= 11 is 0. The van der Waals surface area contributed by atoms with Crippen LogP contribution in [0.25, 0.3) is 0 Å². The number of aliphatic hydroxyl groups excluding tert-OH is 1. The quantitative estimate of drug-likeness (QED) is 0.795. The van der Waals surface area contributed by atoms with E-state index in [-0.39, 0.29) is 12.3 Å². The van der Waals surface area contributed by atoms with Crippen molar-refractivity contribution in [1.29, 1.82) is 0 Å². The van der Waals surface area contributed by atoms with Crippen LogP contribution < -0.4 is 10.6 Å². The number of hydrogen-bond acceptors (Lipinski definition) is 2. The fraction of sp³-hybridized carbons (Fsp3) is 0.235. The van der Waals surface area contributed by atoms with Gasteiger partial charge in [-0.3, -0.25) is 0 Å². The van der Waals surface area contributed by atoms with Crippen molar-refractivity contribution in [2.45, 2.75) is 20.0 Å². The van der Waals surface area contributed by atoms with Gasteiger partial charge >= 0.3 is 6.03 Å². The molecular formula is C17H19FN2O2. The number of benzene rings is 2. The Labute approximate surface area is 129 Å². The molecule has 0 spiro atoms. The van der Waals surface area contributed by atoms with E-state index in [0.29, 0.717) is 13.0 Å². The summed E-state index contributed by atoms with van der Waals surface area (Å²) in [6.07, 6.45) is 0.662. The lowest BCUT2D eigenvalue weighted by molar-refractivity contribution is 0.252. The highest BCUT2D eigenvalue weighted by Gasteiger charge is 2.06. The highest BCUT2D eigenvalue weighted by Crippen LogP contribution is 2.14. The van der Waals surface area contributed by atoms with Crippen LogP contribution in [-0.2, 0) is 13.0 Å². The molecule has 0 atom stereocenters. The van der Waals surface area contributed by atoms with Crippen LogP contribution >= 0.6 is 0 Å². The number of aryl methyl sites for hydroxylation is 1. The number of hydrogen-bond donors (Lipinski definition) is 3. The Bertz CT molecular complexity index is 642. The van der Waals surface area contributed by atoms with E-state index in [9.17, 15) is 9.18 Å². The standard InChI is InChI=1S/C17H19FN2O2/c1-12-2-7-16(15(18)10-12)20-17(22)19-9-8-13-3-5-14(11-21)6-4-13/h2-7,10,21H,8-9,11H2,1H3,(H2,19,20,22). The van der Waals surface area contributed by atoms with Crippen molar-refractivity contribution in [3.8, 4) is 0 Å². The zero-order valence-electron chi connectivity index (χ0n) is 12.4. The summed E-state index contributed by atoms with van der Waals surface area (Å²) in [6.45, 7) is 2.25. The molecule has 3 N–H and O–H groups in total. The number of urea groups is 1. The molecule has 0 aliphatic heterocycles. The van der Waals surface area contributed by atoms with Gasteiger partial charge in [-0.1, -0.05) is 30.3 Å². The number of halogens is 1. The fourth-order valence-corrected chi connectivity index (χ4v) is 2.02. The van der Waals surface area contributed by atoms with E-state index < -0.39 is 11.8 Å². The molecule has 2 aromatic rings. The summed E-state index contributed by atoms with van der Waals surface area (Å²) < 4.78 is 13.6. The first kappa shape index (κ1) is 16.0. The molecule has 22 heavy (non-hydrogen) atoms. The molecule has 4 nitrogen and oxygen atoms in total. The lowest BCUT2D eigenvalue weighted by Gasteiger charge is -2.09. The number of amides is 2. The summed E-state index contributed by atoms with van der Waals surface area (Å²) in [4.78, 5) is 11.7. The van der Waals surface area contributed by atoms with Gasteiger partial charge in [0.05, 0.1) is 12.3 Å². The molecule has 2 amide bonds. The van der Waals surface area contributed by atoms with Gasteiger partial charge in [0, 0.05) is 6.54 Å². The van der Waals surface area contributed by atoms with E-state index >= 15 is 0 Å². The van der Waals surface area contributed by atoms with Crippen LogP contribution in [-0.4, -0.2) is 17.7 Å². The van der Waals surface area contributed by atoms with Gasteiger partial charge in [-0.05, 0) is 42.2 Å². The van der Waals surface area contributed by atoms with E-state index in [4.69, 9.17) is 5.11 Å². The predicted molar refractivity (Wildman–Crippen MR) is 84.2 cm³/mol. The lowest BCUT2D eigenvalue weighted by atomic mass is 10.1. The molecule has 116 valence electrons. The highest BCUT2D eigenvalue weighted by molar-refractivity contribution is 5.89. The lowest BCUT2D eigenvalue weighted by Crippen LogP contribution is -2.30. The molecule has 0 fully saturated rings. The molecule has 0 saturated heterocycles. The molecule has 0 aromatic heterocycles. The molecule has 0 radical (unpaired) electrons. The second-order valence-electron chi connectivity index (χ2n) is 5.09. The van der Waals surface area contributed by atoms with Crippen LogP contribution in [0.15, 0.2) is 42.5 Å². The zero-order chi connectivity index (χ0) is 15.9. The van der Waals surface area contributed by atoms with E-state index in [1.807, 2.05) is 24.3 Å². The summed E-state index contributed by atoms with van der Waals surface area (Å²) in [5.74, 6) is -0.449. The Hall–Kier alpha value is -2.40. The first-order valence-electron chi connectivity index (χ1n) is 7.08. The molecule has 0 unspecified atom stereocenters. The third-order valence-corrected chi connectivity index (χ3v) is 3.28. The van der Waals surface area contributed by atoms with Crippen molar-refractivity contribution in [2.75, 3.05) is 11.9 Å². The third kappa shape index (κ3) is 4.56. The molecule has 0 saturated carbocycles. The first-order valence-corrected chi connectivity index (χ1v) is 7.08. The maximum atomic E-state index is 13.6. The van der Waals surface area contributed by atoms with Crippen molar-refractivity contribution in [1.82, 2.24) is 5.32 Å². The number of carbonyl (C=O) groups is 1. The average molecular weight is 302 g/mol. The van der Waals surface area contributed by atoms with Crippen LogP contribution in [0.3, 0.4) is 0 Å². The molecule has 0 aliphatic rings. The normalized spacial score (nSPS) is 10.3. The van der Waals surface area contributed by atoms with Gasteiger partial charge in [0.15, 0.2) is 0 Å². The maximum Gasteiger partial charge on any atom is 0.319 e. The van der Waals surface area contributed by atoms with Crippen LogP contribution in [0.4, 0.5) is 14.9 Å². The molecule has 2 aromatic carbocycles. The van der Waals surface area contributed by atoms with Crippen LogP contribution in [0.1, 0.15) is 16.7 Å². The molecule has 0 bridgehead atoms. The minimum Gasteiger partial charge on any atom is -0.392 e. The van der Waals surface area contributed by atoms with Crippen molar-refractivity contribution >= 4 is 11.7 Å². The number of carbonyl (C=O) groups excluding carboxylic acids is 1. The van der Waals surface area contributed by atoms with Gasteiger partial charge in [-0.2, -0.15) is 0 Å². The summed E-state index contributed by atoms with van der Waals surface area (Å²) in [5.41, 5.74) is 2.87. The van der Waals surface area contributed by atoms with Crippen LogP contribution in [0.5, 0.6) is 0 Å². The van der Waals surface area contributed by atoms with Gasteiger partial charge < -0.3 is 15.7 Å². The van der Waals surface area contributed by atoms with E-state index in [0.717, 1.165) is 16.7 Å². The fourth-order valence-electron chi connectivity index (χ4n) is 2.02. The molecule has 0 aliphatic carbocycles. The largest absolute Gasteiger partial charge is 0.392 e. The molecule has 2 rings (SSSR count). The van der Waals surface area contributed by atoms with Crippen molar-refractivity contribution in [3.05, 3.63) is 65.0 Å². The SMILES string of the molecule is Cc1ccc(NC(=O)NCCc2ccc(CO)cc2)c(F)c1. The molecule has 0 heterocycles. The smallest absolute Gasteiger partial charge is 0.319 e. The van der Waals surface area contributed by atoms with Crippen molar-refractivity contribution < 1.29 is 14.3 Å². The topological polar surface area (TPSA) is 61.4 Å². The molecule has 5 heteroatoms. The molecular weight excluding hydrogens is 283 g/mol. The second kappa shape index (κ2) is 7.56. The van der Waals surface area contributed by atoms with Gasteiger partial charge in [-0.25, -0.2) is 9.18 Å². The number of aliphatic hydroxyl groups is 1. The summed E-state index contributed by atoms with van der Waals surface area (Å²) in [5, 5.41) is 14.1. The zero-order valence-corrected chi connectivity index (χ0v) is 12.4. The van der Waals surface area contributed by atoms with Gasteiger partial charge in [-0.15, -0.1) is 0 Å². The third-order valence-electron chi connectivity index (χ3n) is 3.28. The van der Waals surface area contributed by atoms with Crippen LogP contribution in [0, 0.1) is 12.7 Å². The van der Waals surface area contributed by atoms with Crippen LogP contribution in [0.2, 0.25) is 0 Å². The minimum absolute atomic E-state index is 0.0169. The second-order valence-corrected chi connectivity index (χ2v) is 5.09. The number of anilines is 1. The van der Waals surface area contributed by atoms with Gasteiger partial charge in [0.1, 0.15) is 5.82 Å². The number of nitrogens with one attached hydrogen (secondary N) is 2. The van der Waals surface area contributed by atoms with Gasteiger partial charge in [0.25, 0.3) is 0 Å². The Morgan fingerprint density at radius 1 is 1.14 bits per heavy atom. The predicted octanol–water partition coefficient (Wildman–Crippen LogP) is 2.99. The maximum absolute atomic E-state index is 13.6. The Morgan fingerprint density at radius 2 is 1.82 bits per heavy atom. The van der Waals surface area contributed by atoms with E-state index in [2.05, 4.69) is 10.6 Å². The Kier molecular flexibility index (Phi) is 5.49. The monoisotopic (exact) mass is 302 g/mol.